The van der Waals surface area contributed by atoms with Crippen LogP contribution >= 0.6 is 11.3 Å². The average molecular weight is 280 g/mol. The molecule has 1 aromatic heterocycles. The Morgan fingerprint density at radius 3 is 3.11 bits per heavy atom. The second-order valence-corrected chi connectivity index (χ2v) is 6.90. The molecule has 2 unspecified atom stereocenters. The van der Waals surface area contributed by atoms with E-state index in [2.05, 4.69) is 11.5 Å². The Kier molecular flexibility index (Phi) is 4.53. The van der Waals surface area contributed by atoms with E-state index < -0.39 is 0 Å². The molecule has 0 amide bonds. The SMILES string of the molecule is NNC(CCCC1CCCO1)c1cc2c(s1)CCC2. The van der Waals surface area contributed by atoms with E-state index >= 15 is 0 Å². The van der Waals surface area contributed by atoms with Crippen molar-refractivity contribution in [1.82, 2.24) is 5.43 Å². The summed E-state index contributed by atoms with van der Waals surface area (Å²) < 4.78 is 5.67. The Hall–Kier alpha value is -0.420. The summed E-state index contributed by atoms with van der Waals surface area (Å²) in [6.45, 7) is 0.959. The van der Waals surface area contributed by atoms with Gasteiger partial charge in [0.05, 0.1) is 12.1 Å². The number of nitrogens with two attached hydrogens (primary N) is 1. The normalized spacial score (nSPS) is 23.7. The number of hydrogen-bond acceptors (Lipinski definition) is 4. The second kappa shape index (κ2) is 6.35. The molecule has 4 heteroatoms. The number of thiophene rings is 1. The number of ether oxygens (including phenoxy) is 1. The van der Waals surface area contributed by atoms with Crippen molar-refractivity contribution in [2.75, 3.05) is 6.61 Å². The highest BCUT2D eigenvalue weighted by molar-refractivity contribution is 7.12. The maximum absolute atomic E-state index is 5.74. The second-order valence-electron chi connectivity index (χ2n) is 5.74. The van der Waals surface area contributed by atoms with Gasteiger partial charge in [-0.3, -0.25) is 11.3 Å². The first-order chi connectivity index (χ1) is 9.36. The Bertz CT molecular complexity index is 391. The van der Waals surface area contributed by atoms with Crippen LogP contribution < -0.4 is 11.3 Å². The Morgan fingerprint density at radius 1 is 1.42 bits per heavy atom. The predicted molar refractivity (Wildman–Crippen MR) is 79.2 cm³/mol. The summed E-state index contributed by atoms with van der Waals surface area (Å²) in [5.74, 6) is 5.74. The minimum atomic E-state index is 0.331. The minimum absolute atomic E-state index is 0.331. The van der Waals surface area contributed by atoms with Crippen molar-refractivity contribution < 1.29 is 4.74 Å². The number of nitrogens with one attached hydrogen (secondary N) is 1. The van der Waals surface area contributed by atoms with Crippen molar-refractivity contribution in [1.29, 1.82) is 0 Å². The van der Waals surface area contributed by atoms with Crippen molar-refractivity contribution in [3.8, 4) is 0 Å². The standard InChI is InChI=1S/C15H24N2OS/c16-17-13(7-2-5-12-6-3-9-18-12)15-10-11-4-1-8-14(11)19-15/h10,12-13,17H,1-9,16H2. The first-order valence-electron chi connectivity index (χ1n) is 7.56. The molecular weight excluding hydrogens is 256 g/mol. The summed E-state index contributed by atoms with van der Waals surface area (Å²) in [6.07, 6.45) is 10.4. The molecule has 1 aromatic rings. The molecule has 2 heterocycles. The van der Waals surface area contributed by atoms with Gasteiger partial charge in [0, 0.05) is 16.4 Å². The van der Waals surface area contributed by atoms with Gasteiger partial charge in [0.25, 0.3) is 0 Å². The molecule has 2 aliphatic rings. The number of hydrazine groups is 1. The van der Waals surface area contributed by atoms with Crippen molar-refractivity contribution in [3.63, 3.8) is 0 Å². The van der Waals surface area contributed by atoms with Crippen molar-refractivity contribution in [2.45, 2.75) is 63.5 Å². The van der Waals surface area contributed by atoms with Crippen LogP contribution in [0.4, 0.5) is 0 Å². The van der Waals surface area contributed by atoms with Crippen LogP contribution in [-0.4, -0.2) is 12.7 Å². The van der Waals surface area contributed by atoms with Gasteiger partial charge in [-0.1, -0.05) is 0 Å². The summed E-state index contributed by atoms with van der Waals surface area (Å²) in [4.78, 5) is 3.02. The fourth-order valence-electron chi connectivity index (χ4n) is 3.25. The largest absolute Gasteiger partial charge is 0.378 e. The number of aryl methyl sites for hydroxylation is 2. The van der Waals surface area contributed by atoms with Gasteiger partial charge in [0.1, 0.15) is 0 Å². The molecule has 0 saturated carbocycles. The van der Waals surface area contributed by atoms with Gasteiger partial charge in [-0.15, -0.1) is 11.3 Å². The van der Waals surface area contributed by atoms with Crippen LogP contribution in [0, 0.1) is 0 Å². The molecule has 3 N–H and O–H groups in total. The molecule has 3 nitrogen and oxygen atoms in total. The molecule has 1 aliphatic carbocycles. The molecule has 0 radical (unpaired) electrons. The highest BCUT2D eigenvalue weighted by atomic mass is 32.1. The Balaban J connectivity index is 1.51. The van der Waals surface area contributed by atoms with Crippen molar-refractivity contribution in [3.05, 3.63) is 21.4 Å². The molecule has 1 saturated heterocycles. The lowest BCUT2D eigenvalue weighted by Crippen LogP contribution is -2.27. The molecule has 2 atom stereocenters. The molecule has 1 aliphatic heterocycles. The van der Waals surface area contributed by atoms with Crippen LogP contribution in [0.25, 0.3) is 0 Å². The highest BCUT2D eigenvalue weighted by Gasteiger charge is 2.20. The lowest BCUT2D eigenvalue weighted by atomic mass is 10.0. The van der Waals surface area contributed by atoms with Crippen molar-refractivity contribution >= 4 is 11.3 Å². The topological polar surface area (TPSA) is 47.3 Å². The van der Waals surface area contributed by atoms with Crippen LogP contribution in [0.3, 0.4) is 0 Å². The van der Waals surface area contributed by atoms with Gasteiger partial charge in [0.2, 0.25) is 0 Å². The van der Waals surface area contributed by atoms with Gasteiger partial charge in [-0.2, -0.15) is 0 Å². The van der Waals surface area contributed by atoms with Crippen molar-refractivity contribution in [2.24, 2.45) is 5.84 Å². The third-order valence-electron chi connectivity index (χ3n) is 4.35. The predicted octanol–water partition coefficient (Wildman–Crippen LogP) is 3.09. The molecule has 0 aromatic carbocycles. The fourth-order valence-corrected chi connectivity index (χ4v) is 4.61. The van der Waals surface area contributed by atoms with Gasteiger partial charge in [-0.05, 0) is 63.0 Å². The summed E-state index contributed by atoms with van der Waals surface area (Å²) in [5.41, 5.74) is 4.57. The first-order valence-corrected chi connectivity index (χ1v) is 8.37. The molecule has 0 spiro atoms. The maximum atomic E-state index is 5.74. The number of hydrogen-bond donors (Lipinski definition) is 2. The maximum Gasteiger partial charge on any atom is 0.0576 e. The number of rotatable bonds is 6. The van der Waals surface area contributed by atoms with E-state index in [1.807, 2.05) is 11.3 Å². The summed E-state index contributed by atoms with van der Waals surface area (Å²) in [7, 11) is 0. The van der Waals surface area contributed by atoms with Gasteiger partial charge >= 0.3 is 0 Å². The first kappa shape index (κ1) is 13.6. The summed E-state index contributed by atoms with van der Waals surface area (Å²) >= 11 is 1.96. The van der Waals surface area contributed by atoms with E-state index in [4.69, 9.17) is 10.6 Å². The summed E-state index contributed by atoms with van der Waals surface area (Å²) in [5, 5.41) is 0. The fraction of sp³-hybridized carbons (Fsp3) is 0.733. The van der Waals surface area contributed by atoms with Gasteiger partial charge in [-0.25, -0.2) is 0 Å². The zero-order chi connectivity index (χ0) is 13.1. The lowest BCUT2D eigenvalue weighted by molar-refractivity contribution is 0.101. The van der Waals surface area contributed by atoms with Gasteiger partial charge in [0.15, 0.2) is 0 Å². The van der Waals surface area contributed by atoms with Crippen LogP contribution in [0.15, 0.2) is 6.07 Å². The Morgan fingerprint density at radius 2 is 2.37 bits per heavy atom. The molecule has 19 heavy (non-hydrogen) atoms. The zero-order valence-corrected chi connectivity index (χ0v) is 12.3. The molecule has 3 rings (SSSR count). The smallest absolute Gasteiger partial charge is 0.0576 e. The highest BCUT2D eigenvalue weighted by Crippen LogP contribution is 2.35. The monoisotopic (exact) mass is 280 g/mol. The Labute approximate surface area is 119 Å². The van der Waals surface area contributed by atoms with Crippen LogP contribution in [-0.2, 0) is 17.6 Å². The quantitative estimate of drug-likeness (QED) is 0.622. The van der Waals surface area contributed by atoms with E-state index in [9.17, 15) is 0 Å². The van der Waals surface area contributed by atoms with E-state index in [-0.39, 0.29) is 0 Å². The van der Waals surface area contributed by atoms with Crippen LogP contribution in [0.1, 0.15) is 59.9 Å². The number of fused-ring (bicyclic) bond motifs is 1. The molecule has 0 bridgehead atoms. The van der Waals surface area contributed by atoms with Crippen LogP contribution in [0.2, 0.25) is 0 Å². The van der Waals surface area contributed by atoms with E-state index in [0.29, 0.717) is 12.1 Å². The molecule has 106 valence electrons. The molecular formula is C15H24N2OS. The van der Waals surface area contributed by atoms with E-state index in [1.165, 1.54) is 49.8 Å². The average Bonchev–Trinajstić information content (AvgIpc) is 3.10. The van der Waals surface area contributed by atoms with Gasteiger partial charge < -0.3 is 4.74 Å². The lowest BCUT2D eigenvalue weighted by Gasteiger charge is -2.15. The van der Waals surface area contributed by atoms with E-state index in [1.54, 1.807) is 10.4 Å². The third-order valence-corrected chi connectivity index (χ3v) is 5.70. The molecule has 1 fully saturated rings. The van der Waals surface area contributed by atoms with E-state index in [0.717, 1.165) is 13.0 Å². The van der Waals surface area contributed by atoms with Crippen LogP contribution in [0.5, 0.6) is 0 Å². The minimum Gasteiger partial charge on any atom is -0.378 e. The zero-order valence-electron chi connectivity index (χ0n) is 11.5. The summed E-state index contributed by atoms with van der Waals surface area (Å²) in [6, 6.07) is 2.71. The third kappa shape index (κ3) is 3.19.